The van der Waals surface area contributed by atoms with Gasteiger partial charge in [-0.25, -0.2) is 0 Å². The number of rotatable bonds is 8. The minimum absolute atomic E-state index is 0.215. The van der Waals surface area contributed by atoms with Crippen LogP contribution < -0.4 is 15.8 Å². The van der Waals surface area contributed by atoms with Crippen molar-refractivity contribution in [3.8, 4) is 5.75 Å². The van der Waals surface area contributed by atoms with Crippen LogP contribution in [-0.4, -0.2) is 57.4 Å². The standard InChI is InChI=1S/C22H30N4O2/c1-27-20-9-7-18(8-10-20)11-12-24-22(23)25-17-21(19-5-3-2-4-6-19)26-13-15-28-16-14-26/h2-10,21H,11-17H2,1H3,(H3,23,24,25). The molecule has 0 spiro atoms. The predicted molar refractivity (Wildman–Crippen MR) is 113 cm³/mol. The lowest BCUT2D eigenvalue weighted by Gasteiger charge is -2.34. The second kappa shape index (κ2) is 10.7. The van der Waals surface area contributed by atoms with Crippen LogP contribution in [0.5, 0.6) is 5.75 Å². The van der Waals surface area contributed by atoms with Crippen molar-refractivity contribution in [1.82, 2.24) is 10.2 Å². The molecule has 1 heterocycles. The van der Waals surface area contributed by atoms with Gasteiger partial charge in [0.1, 0.15) is 5.75 Å². The van der Waals surface area contributed by atoms with Crippen molar-refractivity contribution in [2.45, 2.75) is 12.5 Å². The summed E-state index contributed by atoms with van der Waals surface area (Å²) in [5.74, 6) is 1.36. The highest BCUT2D eigenvalue weighted by Gasteiger charge is 2.22. The van der Waals surface area contributed by atoms with Crippen LogP contribution in [0.25, 0.3) is 0 Å². The lowest BCUT2D eigenvalue weighted by Crippen LogP contribution is -2.41. The van der Waals surface area contributed by atoms with Crippen LogP contribution in [0.4, 0.5) is 0 Å². The first-order valence-corrected chi connectivity index (χ1v) is 9.79. The van der Waals surface area contributed by atoms with E-state index in [1.807, 2.05) is 18.2 Å². The second-order valence-corrected chi connectivity index (χ2v) is 6.83. The van der Waals surface area contributed by atoms with Crippen molar-refractivity contribution in [2.75, 3.05) is 46.5 Å². The molecule has 0 aromatic heterocycles. The first kappa shape index (κ1) is 20.2. The number of guanidine groups is 1. The van der Waals surface area contributed by atoms with Crippen molar-refractivity contribution >= 4 is 5.96 Å². The number of morpholine rings is 1. The molecule has 2 aromatic rings. The lowest BCUT2D eigenvalue weighted by atomic mass is 10.1. The largest absolute Gasteiger partial charge is 0.497 e. The summed E-state index contributed by atoms with van der Waals surface area (Å²) in [6.45, 7) is 4.74. The van der Waals surface area contributed by atoms with E-state index in [2.05, 4.69) is 51.6 Å². The fourth-order valence-electron chi connectivity index (χ4n) is 3.36. The van der Waals surface area contributed by atoms with E-state index in [9.17, 15) is 0 Å². The van der Waals surface area contributed by atoms with Gasteiger partial charge in [-0.1, -0.05) is 42.5 Å². The quantitative estimate of drug-likeness (QED) is 0.541. The first-order chi connectivity index (χ1) is 13.8. The lowest BCUT2D eigenvalue weighted by molar-refractivity contribution is 0.0180. The molecule has 0 amide bonds. The molecule has 2 aromatic carbocycles. The molecule has 1 aliphatic rings. The second-order valence-electron chi connectivity index (χ2n) is 6.83. The summed E-state index contributed by atoms with van der Waals surface area (Å²) < 4.78 is 10.7. The Labute approximate surface area is 167 Å². The highest BCUT2D eigenvalue weighted by molar-refractivity contribution is 5.77. The third-order valence-corrected chi connectivity index (χ3v) is 4.98. The van der Waals surface area contributed by atoms with Gasteiger partial charge in [-0.15, -0.1) is 0 Å². The number of methoxy groups -OCH3 is 1. The Morgan fingerprint density at radius 1 is 1.14 bits per heavy atom. The Morgan fingerprint density at radius 2 is 1.86 bits per heavy atom. The topological polar surface area (TPSA) is 72.1 Å². The molecule has 0 saturated carbocycles. The van der Waals surface area contributed by atoms with E-state index in [0.717, 1.165) is 45.0 Å². The number of nitrogens with two attached hydrogens (primary N) is 1. The van der Waals surface area contributed by atoms with E-state index in [4.69, 9.17) is 15.2 Å². The number of hydrogen-bond donors (Lipinski definition) is 2. The molecule has 0 bridgehead atoms. The van der Waals surface area contributed by atoms with Gasteiger partial charge >= 0.3 is 0 Å². The van der Waals surface area contributed by atoms with Gasteiger partial charge in [0.2, 0.25) is 0 Å². The van der Waals surface area contributed by atoms with Crippen molar-refractivity contribution in [2.24, 2.45) is 10.7 Å². The number of benzene rings is 2. The average molecular weight is 383 g/mol. The maximum absolute atomic E-state index is 6.12. The summed E-state index contributed by atoms with van der Waals surface area (Å²) in [5, 5.41) is 3.22. The van der Waals surface area contributed by atoms with Gasteiger partial charge in [-0.2, -0.15) is 0 Å². The Morgan fingerprint density at radius 3 is 2.54 bits per heavy atom. The van der Waals surface area contributed by atoms with Gasteiger partial charge in [-0.3, -0.25) is 9.89 Å². The van der Waals surface area contributed by atoms with E-state index in [1.54, 1.807) is 7.11 Å². The van der Waals surface area contributed by atoms with Crippen LogP contribution in [0.15, 0.2) is 59.6 Å². The first-order valence-electron chi connectivity index (χ1n) is 9.79. The van der Waals surface area contributed by atoms with E-state index in [0.29, 0.717) is 12.5 Å². The van der Waals surface area contributed by atoms with Crippen molar-refractivity contribution in [1.29, 1.82) is 0 Å². The SMILES string of the molecule is COc1ccc(CCNC(N)=NCC(c2ccccc2)N2CCOCC2)cc1. The molecule has 1 atom stereocenters. The van der Waals surface area contributed by atoms with Crippen LogP contribution in [0.2, 0.25) is 0 Å². The van der Waals surface area contributed by atoms with Crippen LogP contribution in [0, 0.1) is 0 Å². The van der Waals surface area contributed by atoms with Crippen molar-refractivity contribution in [3.05, 3.63) is 65.7 Å². The van der Waals surface area contributed by atoms with Crippen molar-refractivity contribution in [3.63, 3.8) is 0 Å². The van der Waals surface area contributed by atoms with Crippen LogP contribution in [-0.2, 0) is 11.2 Å². The Kier molecular flexibility index (Phi) is 7.70. The van der Waals surface area contributed by atoms with E-state index in [1.165, 1.54) is 11.1 Å². The average Bonchev–Trinajstić information content (AvgIpc) is 2.76. The van der Waals surface area contributed by atoms with Gasteiger partial charge in [0.25, 0.3) is 0 Å². The van der Waals surface area contributed by atoms with Gasteiger partial charge in [0, 0.05) is 19.6 Å². The fourth-order valence-corrected chi connectivity index (χ4v) is 3.36. The molecule has 1 unspecified atom stereocenters. The molecule has 0 radical (unpaired) electrons. The summed E-state index contributed by atoms with van der Waals surface area (Å²) in [7, 11) is 1.67. The minimum atomic E-state index is 0.215. The third-order valence-electron chi connectivity index (χ3n) is 4.98. The maximum Gasteiger partial charge on any atom is 0.188 e. The Bertz CT molecular complexity index is 728. The number of hydrogen-bond acceptors (Lipinski definition) is 4. The van der Waals surface area contributed by atoms with E-state index in [-0.39, 0.29) is 6.04 Å². The molecule has 150 valence electrons. The van der Waals surface area contributed by atoms with Crippen molar-refractivity contribution < 1.29 is 9.47 Å². The highest BCUT2D eigenvalue weighted by atomic mass is 16.5. The molecule has 1 aliphatic heterocycles. The summed E-state index contributed by atoms with van der Waals surface area (Å²) in [6, 6.07) is 18.8. The van der Waals surface area contributed by atoms with Crippen LogP contribution in [0.1, 0.15) is 17.2 Å². The molecule has 6 heteroatoms. The summed E-state index contributed by atoms with van der Waals surface area (Å²) in [6.07, 6.45) is 0.881. The van der Waals surface area contributed by atoms with Crippen LogP contribution in [0.3, 0.4) is 0 Å². The molecule has 3 N–H and O–H groups in total. The summed E-state index contributed by atoms with van der Waals surface area (Å²) in [5.41, 5.74) is 8.61. The summed E-state index contributed by atoms with van der Waals surface area (Å²) >= 11 is 0. The molecular formula is C22H30N4O2. The fraction of sp³-hybridized carbons (Fsp3) is 0.409. The normalized spacial score (nSPS) is 16.5. The predicted octanol–water partition coefficient (Wildman–Crippen LogP) is 2.22. The molecule has 1 fully saturated rings. The Hall–Kier alpha value is -2.57. The number of nitrogens with one attached hydrogen (secondary N) is 1. The zero-order chi connectivity index (χ0) is 19.6. The minimum Gasteiger partial charge on any atom is -0.497 e. The van der Waals surface area contributed by atoms with Gasteiger partial charge < -0.3 is 20.5 Å². The summed E-state index contributed by atoms with van der Waals surface area (Å²) in [4.78, 5) is 7.04. The maximum atomic E-state index is 6.12. The van der Waals surface area contributed by atoms with Gasteiger partial charge in [-0.05, 0) is 29.7 Å². The smallest absolute Gasteiger partial charge is 0.188 e. The highest BCUT2D eigenvalue weighted by Crippen LogP contribution is 2.22. The Balaban J connectivity index is 1.53. The van der Waals surface area contributed by atoms with Crippen LogP contribution >= 0.6 is 0 Å². The zero-order valence-corrected chi connectivity index (χ0v) is 16.5. The molecule has 1 saturated heterocycles. The monoisotopic (exact) mass is 382 g/mol. The third kappa shape index (κ3) is 5.97. The molecule has 3 rings (SSSR count). The molecular weight excluding hydrogens is 352 g/mol. The van der Waals surface area contributed by atoms with Gasteiger partial charge in [0.15, 0.2) is 5.96 Å². The number of ether oxygens (including phenoxy) is 2. The zero-order valence-electron chi connectivity index (χ0n) is 16.5. The van der Waals surface area contributed by atoms with Gasteiger partial charge in [0.05, 0.1) is 32.9 Å². The number of nitrogens with zero attached hydrogens (tertiary/aromatic N) is 2. The van der Waals surface area contributed by atoms with E-state index < -0.39 is 0 Å². The molecule has 6 nitrogen and oxygen atoms in total. The van der Waals surface area contributed by atoms with E-state index >= 15 is 0 Å². The molecule has 0 aliphatic carbocycles. The number of aliphatic imine (C=N–C) groups is 1. The molecule has 28 heavy (non-hydrogen) atoms.